The van der Waals surface area contributed by atoms with Crippen molar-refractivity contribution in [1.29, 1.82) is 0 Å². The lowest BCUT2D eigenvalue weighted by Crippen LogP contribution is -2.08. The highest BCUT2D eigenvalue weighted by molar-refractivity contribution is 9.09. The van der Waals surface area contributed by atoms with Crippen molar-refractivity contribution in [3.8, 4) is 0 Å². The Morgan fingerprint density at radius 2 is 1.94 bits per heavy atom. The molecule has 18 heavy (non-hydrogen) atoms. The first kappa shape index (κ1) is 14.6. The zero-order valence-corrected chi connectivity index (χ0v) is 11.9. The predicted molar refractivity (Wildman–Crippen MR) is 77.2 cm³/mol. The fourth-order valence-corrected chi connectivity index (χ4v) is 1.63. The van der Waals surface area contributed by atoms with Gasteiger partial charge in [0.2, 0.25) is 5.91 Å². The molecule has 4 heteroatoms. The van der Waals surface area contributed by atoms with Crippen LogP contribution in [-0.4, -0.2) is 17.0 Å². The molecule has 1 N–H and O–H groups in total. The van der Waals surface area contributed by atoms with Crippen molar-refractivity contribution >= 4 is 33.3 Å². The third-order valence-corrected chi connectivity index (χ3v) is 2.68. The average molecular weight is 310 g/mol. The number of halogens is 1. The second kappa shape index (κ2) is 7.82. The summed E-state index contributed by atoms with van der Waals surface area (Å²) in [6, 6.07) is 6.95. The molecule has 96 valence electrons. The van der Waals surface area contributed by atoms with Crippen molar-refractivity contribution in [2.24, 2.45) is 0 Å². The molecular weight excluding hydrogens is 294 g/mol. The third-order valence-electron chi connectivity index (χ3n) is 2.31. The SMILES string of the molecule is CCCC(=O)c1ccc(NC(=O)C=CCBr)cc1. The number of carbonyl (C=O) groups excluding carboxylic acids is 2. The first-order valence-electron chi connectivity index (χ1n) is 5.84. The molecule has 0 atom stereocenters. The Balaban J connectivity index is 2.63. The summed E-state index contributed by atoms with van der Waals surface area (Å²) < 4.78 is 0. The van der Waals surface area contributed by atoms with Crippen LogP contribution in [0.5, 0.6) is 0 Å². The minimum atomic E-state index is -0.179. The number of amides is 1. The number of hydrogen-bond donors (Lipinski definition) is 1. The lowest BCUT2D eigenvalue weighted by Gasteiger charge is -2.03. The van der Waals surface area contributed by atoms with Crippen molar-refractivity contribution in [1.82, 2.24) is 0 Å². The maximum absolute atomic E-state index is 11.6. The highest BCUT2D eigenvalue weighted by atomic mass is 79.9. The van der Waals surface area contributed by atoms with Gasteiger partial charge in [0, 0.05) is 29.1 Å². The summed E-state index contributed by atoms with van der Waals surface area (Å²) in [7, 11) is 0. The zero-order chi connectivity index (χ0) is 13.4. The monoisotopic (exact) mass is 309 g/mol. The number of benzene rings is 1. The van der Waals surface area contributed by atoms with Crippen LogP contribution in [0.4, 0.5) is 5.69 Å². The first-order valence-corrected chi connectivity index (χ1v) is 6.96. The standard InChI is InChI=1S/C14H16BrNO2/c1-2-4-13(17)11-6-8-12(9-7-11)16-14(18)5-3-10-15/h3,5-9H,2,4,10H2,1H3,(H,16,18). The van der Waals surface area contributed by atoms with Gasteiger partial charge < -0.3 is 5.32 Å². The molecule has 0 saturated carbocycles. The van der Waals surface area contributed by atoms with Crippen molar-refractivity contribution in [3.63, 3.8) is 0 Å². The zero-order valence-electron chi connectivity index (χ0n) is 10.3. The number of anilines is 1. The number of rotatable bonds is 6. The largest absolute Gasteiger partial charge is 0.323 e. The maximum Gasteiger partial charge on any atom is 0.248 e. The van der Waals surface area contributed by atoms with Crippen LogP contribution in [0.15, 0.2) is 36.4 Å². The van der Waals surface area contributed by atoms with E-state index in [4.69, 9.17) is 0 Å². The fraction of sp³-hybridized carbons (Fsp3) is 0.286. The van der Waals surface area contributed by atoms with Gasteiger partial charge in [0.25, 0.3) is 0 Å². The van der Waals surface area contributed by atoms with Gasteiger partial charge in [-0.1, -0.05) is 28.9 Å². The topological polar surface area (TPSA) is 46.2 Å². The average Bonchev–Trinajstić information content (AvgIpc) is 2.37. The summed E-state index contributed by atoms with van der Waals surface area (Å²) in [5.74, 6) is -0.0448. The molecule has 3 nitrogen and oxygen atoms in total. The van der Waals surface area contributed by atoms with E-state index in [9.17, 15) is 9.59 Å². The first-order chi connectivity index (χ1) is 8.67. The second-order valence-corrected chi connectivity index (χ2v) is 4.44. The van der Waals surface area contributed by atoms with Gasteiger partial charge in [-0.25, -0.2) is 0 Å². The molecule has 0 heterocycles. The van der Waals surface area contributed by atoms with Crippen LogP contribution in [0, 0.1) is 0 Å². The molecule has 0 unspecified atom stereocenters. The number of carbonyl (C=O) groups is 2. The molecule has 1 amide bonds. The Morgan fingerprint density at radius 3 is 2.50 bits per heavy atom. The van der Waals surface area contributed by atoms with Gasteiger partial charge >= 0.3 is 0 Å². The summed E-state index contributed by atoms with van der Waals surface area (Å²) in [6.45, 7) is 1.97. The molecular formula is C14H16BrNO2. The molecule has 0 fully saturated rings. The molecule has 0 bridgehead atoms. The van der Waals surface area contributed by atoms with Crippen LogP contribution in [0.25, 0.3) is 0 Å². The van der Waals surface area contributed by atoms with Gasteiger partial charge in [0.1, 0.15) is 0 Å². The van der Waals surface area contributed by atoms with Gasteiger partial charge in [0.15, 0.2) is 5.78 Å². The number of hydrogen-bond acceptors (Lipinski definition) is 2. The summed E-state index contributed by atoms with van der Waals surface area (Å²) in [6.07, 6.45) is 4.58. The molecule has 0 aliphatic heterocycles. The van der Waals surface area contributed by atoms with Crippen molar-refractivity contribution in [2.75, 3.05) is 10.6 Å². The minimum absolute atomic E-state index is 0.134. The van der Waals surface area contributed by atoms with Crippen LogP contribution >= 0.6 is 15.9 Å². The normalized spacial score (nSPS) is 10.6. The number of Topliss-reactive ketones (excluding diaryl/α,β-unsaturated/α-hetero) is 1. The van der Waals surface area contributed by atoms with Crippen LogP contribution in [-0.2, 0) is 4.79 Å². The Hall–Kier alpha value is -1.42. The second-order valence-electron chi connectivity index (χ2n) is 3.80. The van der Waals surface area contributed by atoms with E-state index in [0.717, 1.165) is 6.42 Å². The quantitative estimate of drug-likeness (QED) is 0.496. The van der Waals surface area contributed by atoms with E-state index in [0.29, 0.717) is 23.0 Å². The highest BCUT2D eigenvalue weighted by Crippen LogP contribution is 2.12. The van der Waals surface area contributed by atoms with Crippen molar-refractivity contribution in [2.45, 2.75) is 19.8 Å². The van der Waals surface area contributed by atoms with Crippen LogP contribution < -0.4 is 5.32 Å². The summed E-state index contributed by atoms with van der Waals surface area (Å²) in [5.41, 5.74) is 1.37. The summed E-state index contributed by atoms with van der Waals surface area (Å²) in [5, 5.41) is 3.36. The van der Waals surface area contributed by atoms with E-state index in [2.05, 4.69) is 21.2 Å². The lowest BCUT2D eigenvalue weighted by molar-refractivity contribution is -0.111. The van der Waals surface area contributed by atoms with E-state index in [1.807, 2.05) is 6.92 Å². The van der Waals surface area contributed by atoms with E-state index in [-0.39, 0.29) is 11.7 Å². The molecule has 0 spiro atoms. The third kappa shape index (κ3) is 4.84. The van der Waals surface area contributed by atoms with Gasteiger partial charge in [-0.15, -0.1) is 0 Å². The minimum Gasteiger partial charge on any atom is -0.323 e. The van der Waals surface area contributed by atoms with E-state index in [1.54, 1.807) is 30.3 Å². The molecule has 0 aliphatic carbocycles. The molecule has 0 aliphatic rings. The molecule has 0 radical (unpaired) electrons. The Morgan fingerprint density at radius 1 is 1.28 bits per heavy atom. The van der Waals surface area contributed by atoms with E-state index >= 15 is 0 Å². The molecule has 1 aromatic rings. The van der Waals surface area contributed by atoms with Gasteiger partial charge in [-0.2, -0.15) is 0 Å². The number of nitrogens with one attached hydrogen (secondary N) is 1. The fourth-order valence-electron chi connectivity index (χ4n) is 1.45. The Labute approximate surface area is 115 Å². The van der Waals surface area contributed by atoms with Crippen LogP contribution in [0.1, 0.15) is 30.1 Å². The van der Waals surface area contributed by atoms with E-state index < -0.39 is 0 Å². The Bertz CT molecular complexity index is 438. The summed E-state index contributed by atoms with van der Waals surface area (Å²) in [4.78, 5) is 23.0. The van der Waals surface area contributed by atoms with Gasteiger partial charge in [-0.3, -0.25) is 9.59 Å². The highest BCUT2D eigenvalue weighted by Gasteiger charge is 2.04. The molecule has 1 rings (SSSR count). The molecule has 0 aromatic heterocycles. The lowest BCUT2D eigenvalue weighted by atomic mass is 10.1. The number of allylic oxidation sites excluding steroid dienone is 1. The predicted octanol–water partition coefficient (Wildman–Crippen LogP) is 3.56. The number of ketones is 1. The van der Waals surface area contributed by atoms with Crippen molar-refractivity contribution < 1.29 is 9.59 Å². The molecule has 0 saturated heterocycles. The summed E-state index contributed by atoms with van der Waals surface area (Å²) >= 11 is 3.20. The van der Waals surface area contributed by atoms with Gasteiger partial charge in [0.05, 0.1) is 0 Å². The maximum atomic E-state index is 11.6. The smallest absolute Gasteiger partial charge is 0.248 e. The van der Waals surface area contributed by atoms with Gasteiger partial charge in [-0.05, 0) is 30.7 Å². The Kier molecular flexibility index (Phi) is 6.36. The number of alkyl halides is 1. The van der Waals surface area contributed by atoms with E-state index in [1.165, 1.54) is 6.08 Å². The molecule has 1 aromatic carbocycles. The van der Waals surface area contributed by atoms with Crippen molar-refractivity contribution in [3.05, 3.63) is 42.0 Å². The van der Waals surface area contributed by atoms with Crippen LogP contribution in [0.2, 0.25) is 0 Å². The van der Waals surface area contributed by atoms with Crippen LogP contribution in [0.3, 0.4) is 0 Å².